The molecule has 2 aromatic rings. The fourth-order valence-electron chi connectivity index (χ4n) is 2.22. The monoisotopic (exact) mass is 274 g/mol. The van der Waals surface area contributed by atoms with Crippen LogP contribution < -0.4 is 11.3 Å². The lowest BCUT2D eigenvalue weighted by molar-refractivity contribution is 0.0117. The third-order valence-electron chi connectivity index (χ3n) is 3.69. The number of hydrazine groups is 1. The number of hydrogen-bond acceptors (Lipinski definition) is 5. The SMILES string of the molecule is COC(C)(C)CCC(NN)c1cccc2nccnc12. The van der Waals surface area contributed by atoms with Crippen molar-refractivity contribution in [2.24, 2.45) is 5.84 Å². The zero-order valence-electron chi connectivity index (χ0n) is 12.3. The van der Waals surface area contributed by atoms with Crippen molar-refractivity contribution in [1.82, 2.24) is 15.4 Å². The largest absolute Gasteiger partial charge is 0.379 e. The van der Waals surface area contributed by atoms with E-state index in [2.05, 4.69) is 29.2 Å². The molecule has 5 heteroatoms. The molecule has 0 aliphatic carbocycles. The first-order chi connectivity index (χ1) is 9.57. The van der Waals surface area contributed by atoms with E-state index in [1.807, 2.05) is 18.2 Å². The Morgan fingerprint density at radius 1 is 1.30 bits per heavy atom. The van der Waals surface area contributed by atoms with Gasteiger partial charge in [0.2, 0.25) is 0 Å². The Bertz CT molecular complexity index is 565. The molecule has 0 saturated carbocycles. The number of fused-ring (bicyclic) bond motifs is 1. The van der Waals surface area contributed by atoms with Gasteiger partial charge in [-0.05, 0) is 38.3 Å². The number of nitrogens with zero attached hydrogens (tertiary/aromatic N) is 2. The molecule has 0 radical (unpaired) electrons. The van der Waals surface area contributed by atoms with Crippen LogP contribution in [0.4, 0.5) is 0 Å². The molecular weight excluding hydrogens is 252 g/mol. The highest BCUT2D eigenvalue weighted by molar-refractivity contribution is 5.78. The van der Waals surface area contributed by atoms with Crippen molar-refractivity contribution in [3.8, 4) is 0 Å². The van der Waals surface area contributed by atoms with E-state index in [4.69, 9.17) is 10.6 Å². The summed E-state index contributed by atoms with van der Waals surface area (Å²) in [6.45, 7) is 4.15. The highest BCUT2D eigenvalue weighted by Gasteiger charge is 2.21. The standard InChI is InChI=1S/C15H22N4O/c1-15(2,20-3)8-7-12(19-16)11-5-4-6-13-14(11)18-10-9-17-13/h4-6,9-10,12,19H,7-8,16H2,1-3H3. The van der Waals surface area contributed by atoms with Gasteiger partial charge in [0, 0.05) is 25.5 Å². The van der Waals surface area contributed by atoms with Crippen LogP contribution in [0, 0.1) is 0 Å². The summed E-state index contributed by atoms with van der Waals surface area (Å²) in [6.07, 6.45) is 5.17. The van der Waals surface area contributed by atoms with Gasteiger partial charge in [0.1, 0.15) is 0 Å². The zero-order valence-corrected chi connectivity index (χ0v) is 12.3. The molecule has 1 unspecified atom stereocenters. The van der Waals surface area contributed by atoms with Gasteiger partial charge in [0.05, 0.1) is 16.6 Å². The lowest BCUT2D eigenvalue weighted by Gasteiger charge is -2.26. The summed E-state index contributed by atoms with van der Waals surface area (Å²) in [5.41, 5.74) is 5.58. The molecule has 0 aliphatic rings. The van der Waals surface area contributed by atoms with Crippen molar-refractivity contribution in [2.45, 2.75) is 38.3 Å². The molecule has 0 amide bonds. The molecule has 0 aliphatic heterocycles. The minimum atomic E-state index is -0.161. The van der Waals surface area contributed by atoms with E-state index in [0.717, 1.165) is 29.4 Å². The maximum atomic E-state index is 5.73. The van der Waals surface area contributed by atoms with Gasteiger partial charge in [-0.2, -0.15) is 0 Å². The summed E-state index contributed by atoms with van der Waals surface area (Å²) >= 11 is 0. The molecule has 0 spiro atoms. The Morgan fingerprint density at radius 2 is 2.05 bits per heavy atom. The van der Waals surface area contributed by atoms with Crippen molar-refractivity contribution in [3.05, 3.63) is 36.2 Å². The number of aromatic nitrogens is 2. The average molecular weight is 274 g/mol. The van der Waals surface area contributed by atoms with Crippen molar-refractivity contribution < 1.29 is 4.74 Å². The second-order valence-electron chi connectivity index (χ2n) is 5.49. The predicted octanol–water partition coefficient (Wildman–Crippen LogP) is 2.34. The Labute approximate surface area is 119 Å². The van der Waals surface area contributed by atoms with Crippen LogP contribution in [-0.4, -0.2) is 22.7 Å². The minimum absolute atomic E-state index is 0.0322. The molecule has 1 heterocycles. The molecule has 2 rings (SSSR count). The quantitative estimate of drug-likeness (QED) is 0.625. The number of benzene rings is 1. The number of ether oxygens (including phenoxy) is 1. The van der Waals surface area contributed by atoms with Crippen LogP contribution in [0.15, 0.2) is 30.6 Å². The number of hydrogen-bond donors (Lipinski definition) is 2. The molecule has 3 N–H and O–H groups in total. The average Bonchev–Trinajstić information content (AvgIpc) is 2.48. The highest BCUT2D eigenvalue weighted by Crippen LogP contribution is 2.27. The van der Waals surface area contributed by atoms with Gasteiger partial charge in [-0.15, -0.1) is 0 Å². The number of rotatable bonds is 6. The van der Waals surface area contributed by atoms with Gasteiger partial charge < -0.3 is 4.74 Å². The summed E-state index contributed by atoms with van der Waals surface area (Å²) < 4.78 is 5.46. The normalized spacial score (nSPS) is 13.6. The molecule has 0 bridgehead atoms. The van der Waals surface area contributed by atoms with Crippen LogP contribution in [0.1, 0.15) is 38.3 Å². The number of methoxy groups -OCH3 is 1. The number of para-hydroxylation sites is 1. The van der Waals surface area contributed by atoms with Gasteiger partial charge in [0.25, 0.3) is 0 Å². The second-order valence-corrected chi connectivity index (χ2v) is 5.49. The lowest BCUT2D eigenvalue weighted by Crippen LogP contribution is -2.31. The molecular formula is C15H22N4O. The first-order valence-electron chi connectivity index (χ1n) is 6.78. The number of nitrogens with one attached hydrogen (secondary N) is 1. The Balaban J connectivity index is 2.26. The Hall–Kier alpha value is -1.56. The van der Waals surface area contributed by atoms with Crippen LogP contribution in [0.3, 0.4) is 0 Å². The lowest BCUT2D eigenvalue weighted by atomic mass is 9.94. The third kappa shape index (κ3) is 3.30. The first kappa shape index (κ1) is 14.8. The fourth-order valence-corrected chi connectivity index (χ4v) is 2.22. The van der Waals surface area contributed by atoms with E-state index in [0.29, 0.717) is 0 Å². The second kappa shape index (κ2) is 6.26. The van der Waals surface area contributed by atoms with Gasteiger partial charge in [-0.3, -0.25) is 21.2 Å². The van der Waals surface area contributed by atoms with Gasteiger partial charge in [0.15, 0.2) is 0 Å². The summed E-state index contributed by atoms with van der Waals surface area (Å²) in [5, 5.41) is 0. The summed E-state index contributed by atoms with van der Waals surface area (Å²) in [4.78, 5) is 8.75. The maximum Gasteiger partial charge on any atom is 0.0935 e. The van der Waals surface area contributed by atoms with Crippen LogP contribution >= 0.6 is 0 Å². The first-order valence-corrected chi connectivity index (χ1v) is 6.78. The maximum absolute atomic E-state index is 5.73. The van der Waals surface area contributed by atoms with E-state index in [1.54, 1.807) is 19.5 Å². The van der Waals surface area contributed by atoms with E-state index in [-0.39, 0.29) is 11.6 Å². The molecule has 108 valence electrons. The molecule has 20 heavy (non-hydrogen) atoms. The topological polar surface area (TPSA) is 73.1 Å². The van der Waals surface area contributed by atoms with Gasteiger partial charge in [-0.1, -0.05) is 12.1 Å². The Morgan fingerprint density at radius 3 is 2.75 bits per heavy atom. The third-order valence-corrected chi connectivity index (χ3v) is 3.69. The molecule has 5 nitrogen and oxygen atoms in total. The minimum Gasteiger partial charge on any atom is -0.379 e. The molecule has 1 atom stereocenters. The molecule has 0 saturated heterocycles. The number of nitrogens with two attached hydrogens (primary N) is 1. The van der Waals surface area contributed by atoms with Crippen molar-refractivity contribution in [2.75, 3.05) is 7.11 Å². The van der Waals surface area contributed by atoms with Crippen LogP contribution in [0.5, 0.6) is 0 Å². The molecule has 1 aromatic heterocycles. The summed E-state index contributed by atoms with van der Waals surface area (Å²) in [6, 6.07) is 6.02. The van der Waals surface area contributed by atoms with E-state index in [1.165, 1.54) is 0 Å². The van der Waals surface area contributed by atoms with E-state index in [9.17, 15) is 0 Å². The van der Waals surface area contributed by atoms with Crippen molar-refractivity contribution in [1.29, 1.82) is 0 Å². The molecule has 1 aromatic carbocycles. The van der Waals surface area contributed by atoms with Crippen molar-refractivity contribution >= 4 is 11.0 Å². The smallest absolute Gasteiger partial charge is 0.0935 e. The Kier molecular flexibility index (Phi) is 4.65. The summed E-state index contributed by atoms with van der Waals surface area (Å²) in [5.74, 6) is 5.73. The van der Waals surface area contributed by atoms with Gasteiger partial charge in [-0.25, -0.2) is 0 Å². The zero-order chi connectivity index (χ0) is 14.6. The van der Waals surface area contributed by atoms with E-state index < -0.39 is 0 Å². The fraction of sp³-hybridized carbons (Fsp3) is 0.467. The van der Waals surface area contributed by atoms with Crippen molar-refractivity contribution in [3.63, 3.8) is 0 Å². The van der Waals surface area contributed by atoms with E-state index >= 15 is 0 Å². The van der Waals surface area contributed by atoms with Gasteiger partial charge >= 0.3 is 0 Å². The highest BCUT2D eigenvalue weighted by atomic mass is 16.5. The predicted molar refractivity (Wildman–Crippen MR) is 79.9 cm³/mol. The molecule has 0 fully saturated rings. The van der Waals surface area contributed by atoms with Crippen LogP contribution in [0.2, 0.25) is 0 Å². The van der Waals surface area contributed by atoms with Crippen LogP contribution in [-0.2, 0) is 4.74 Å². The summed E-state index contributed by atoms with van der Waals surface area (Å²) in [7, 11) is 1.73. The van der Waals surface area contributed by atoms with Crippen LogP contribution in [0.25, 0.3) is 11.0 Å².